The number of likely N-dealkylation sites (N-methyl/N-ethyl adjacent to an activating group) is 1. The zero-order valence-corrected chi connectivity index (χ0v) is 10.6. The van der Waals surface area contributed by atoms with E-state index in [-0.39, 0.29) is 0 Å². The first-order valence-corrected chi connectivity index (χ1v) is 5.81. The van der Waals surface area contributed by atoms with Crippen molar-refractivity contribution in [3.8, 4) is 0 Å². The van der Waals surface area contributed by atoms with Crippen molar-refractivity contribution in [1.82, 2.24) is 14.9 Å². The maximum absolute atomic E-state index is 10.2. The molecule has 1 aromatic carbocycles. The fourth-order valence-electron chi connectivity index (χ4n) is 2.14. The second-order valence-corrected chi connectivity index (χ2v) is 4.78. The molecule has 0 saturated heterocycles. The highest BCUT2D eigenvalue weighted by Gasteiger charge is 2.22. The predicted molar refractivity (Wildman–Crippen MR) is 69.0 cm³/mol. The van der Waals surface area contributed by atoms with E-state index in [9.17, 15) is 5.11 Å². The van der Waals surface area contributed by atoms with Crippen molar-refractivity contribution < 1.29 is 5.11 Å². The molecule has 0 aliphatic heterocycles. The van der Waals surface area contributed by atoms with Gasteiger partial charge in [0.25, 0.3) is 0 Å². The molecule has 1 heterocycles. The highest BCUT2D eigenvalue weighted by atomic mass is 16.3. The summed E-state index contributed by atoms with van der Waals surface area (Å²) in [5, 5.41) is 13.2. The summed E-state index contributed by atoms with van der Waals surface area (Å²) in [6.45, 7) is 2.37. The molecule has 2 N–H and O–H groups in total. The normalized spacial score (nSPS) is 15.1. The average Bonchev–Trinajstić information content (AvgIpc) is 2.56. The van der Waals surface area contributed by atoms with Crippen LogP contribution in [0.2, 0.25) is 0 Å². The number of para-hydroxylation sites is 2. The number of hydrogen-bond acceptors (Lipinski definition) is 3. The molecule has 4 nitrogen and oxygen atoms in total. The van der Waals surface area contributed by atoms with Gasteiger partial charge in [-0.25, -0.2) is 4.98 Å². The highest BCUT2D eigenvalue weighted by molar-refractivity contribution is 5.75. The third kappa shape index (κ3) is 2.48. The van der Waals surface area contributed by atoms with Crippen molar-refractivity contribution in [2.45, 2.75) is 18.9 Å². The third-order valence-corrected chi connectivity index (χ3v) is 2.98. The topological polar surface area (TPSA) is 50.1 Å². The van der Waals surface area contributed by atoms with Crippen LogP contribution < -0.4 is 5.32 Å². The Hall–Kier alpha value is -1.39. The summed E-state index contributed by atoms with van der Waals surface area (Å²) in [6, 6.07) is 8.01. The SMILES string of the molecule is CNCC(C)(O)Cc1nc2ccccc2n1C. The first kappa shape index (κ1) is 12.1. The Kier molecular flexibility index (Phi) is 3.17. The van der Waals surface area contributed by atoms with E-state index >= 15 is 0 Å². The lowest BCUT2D eigenvalue weighted by molar-refractivity contribution is 0.0596. The summed E-state index contributed by atoms with van der Waals surface area (Å²) in [5.74, 6) is 0.909. The summed E-state index contributed by atoms with van der Waals surface area (Å²) < 4.78 is 2.04. The van der Waals surface area contributed by atoms with E-state index in [0.29, 0.717) is 13.0 Å². The fraction of sp³-hybridized carbons (Fsp3) is 0.462. The lowest BCUT2D eigenvalue weighted by atomic mass is 10.0. The van der Waals surface area contributed by atoms with Crippen molar-refractivity contribution >= 4 is 11.0 Å². The fourth-order valence-corrected chi connectivity index (χ4v) is 2.14. The summed E-state index contributed by atoms with van der Waals surface area (Å²) >= 11 is 0. The molecule has 0 radical (unpaired) electrons. The lowest BCUT2D eigenvalue weighted by Gasteiger charge is -2.22. The Morgan fingerprint density at radius 2 is 2.12 bits per heavy atom. The van der Waals surface area contributed by atoms with Gasteiger partial charge in [-0.1, -0.05) is 12.1 Å². The van der Waals surface area contributed by atoms with Crippen LogP contribution in [0.15, 0.2) is 24.3 Å². The Balaban J connectivity index is 2.33. The van der Waals surface area contributed by atoms with Crippen LogP contribution >= 0.6 is 0 Å². The molecule has 4 heteroatoms. The second-order valence-electron chi connectivity index (χ2n) is 4.78. The molecule has 17 heavy (non-hydrogen) atoms. The van der Waals surface area contributed by atoms with Crippen molar-refractivity contribution in [3.05, 3.63) is 30.1 Å². The Morgan fingerprint density at radius 3 is 2.76 bits per heavy atom. The Labute approximate surface area is 101 Å². The van der Waals surface area contributed by atoms with Crippen LogP contribution in [0.4, 0.5) is 0 Å². The van der Waals surface area contributed by atoms with Crippen molar-refractivity contribution in [2.24, 2.45) is 7.05 Å². The lowest BCUT2D eigenvalue weighted by Crippen LogP contribution is -2.38. The maximum Gasteiger partial charge on any atom is 0.112 e. The van der Waals surface area contributed by atoms with E-state index in [0.717, 1.165) is 16.9 Å². The number of aromatic nitrogens is 2. The second kappa shape index (κ2) is 4.47. The largest absolute Gasteiger partial charge is 0.388 e. The van der Waals surface area contributed by atoms with Crippen molar-refractivity contribution in [1.29, 1.82) is 0 Å². The number of imidazole rings is 1. The van der Waals surface area contributed by atoms with Gasteiger partial charge in [-0.05, 0) is 26.1 Å². The van der Waals surface area contributed by atoms with Gasteiger partial charge in [-0.3, -0.25) is 0 Å². The standard InChI is InChI=1S/C13H19N3O/c1-13(17,9-14-2)8-12-15-10-6-4-5-7-11(10)16(12)3/h4-7,14,17H,8-9H2,1-3H3. The number of aliphatic hydroxyl groups is 1. The van der Waals surface area contributed by atoms with Crippen LogP contribution in [-0.4, -0.2) is 33.9 Å². The van der Waals surface area contributed by atoms with Crippen molar-refractivity contribution in [3.63, 3.8) is 0 Å². The van der Waals surface area contributed by atoms with Gasteiger partial charge >= 0.3 is 0 Å². The quantitative estimate of drug-likeness (QED) is 0.831. The minimum absolute atomic E-state index is 0.541. The minimum Gasteiger partial charge on any atom is -0.388 e. The molecule has 0 spiro atoms. The molecule has 1 aromatic heterocycles. The molecule has 0 saturated carbocycles. The van der Waals surface area contributed by atoms with Crippen LogP contribution in [-0.2, 0) is 13.5 Å². The molecule has 92 valence electrons. The van der Waals surface area contributed by atoms with E-state index in [1.807, 2.05) is 49.9 Å². The number of nitrogens with zero attached hydrogens (tertiary/aromatic N) is 2. The van der Waals surface area contributed by atoms with E-state index in [1.54, 1.807) is 0 Å². The Morgan fingerprint density at radius 1 is 1.41 bits per heavy atom. The number of fused-ring (bicyclic) bond motifs is 1. The number of benzene rings is 1. The zero-order chi connectivity index (χ0) is 12.5. The van der Waals surface area contributed by atoms with Gasteiger partial charge in [0.15, 0.2) is 0 Å². The molecule has 0 amide bonds. The Bertz CT molecular complexity index is 516. The van der Waals surface area contributed by atoms with E-state index in [4.69, 9.17) is 0 Å². The van der Waals surface area contributed by atoms with Gasteiger partial charge in [-0.2, -0.15) is 0 Å². The first-order valence-electron chi connectivity index (χ1n) is 5.81. The average molecular weight is 233 g/mol. The van der Waals surface area contributed by atoms with Crippen LogP contribution in [0.5, 0.6) is 0 Å². The predicted octanol–water partition coefficient (Wildman–Crippen LogP) is 1.09. The third-order valence-electron chi connectivity index (χ3n) is 2.98. The van der Waals surface area contributed by atoms with Gasteiger partial charge in [0.2, 0.25) is 0 Å². The van der Waals surface area contributed by atoms with Gasteiger partial charge in [0.05, 0.1) is 16.6 Å². The molecule has 0 aliphatic carbocycles. The molecule has 0 aliphatic rings. The van der Waals surface area contributed by atoms with Gasteiger partial charge in [0.1, 0.15) is 5.82 Å². The highest BCUT2D eigenvalue weighted by Crippen LogP contribution is 2.18. The molecular weight excluding hydrogens is 214 g/mol. The monoisotopic (exact) mass is 233 g/mol. The summed E-state index contributed by atoms with van der Waals surface area (Å²) in [4.78, 5) is 4.55. The van der Waals surface area contributed by atoms with Crippen LogP contribution in [0, 0.1) is 0 Å². The zero-order valence-electron chi connectivity index (χ0n) is 10.6. The van der Waals surface area contributed by atoms with Crippen LogP contribution in [0.3, 0.4) is 0 Å². The molecule has 2 rings (SSSR count). The summed E-state index contributed by atoms with van der Waals surface area (Å²) in [6.07, 6.45) is 0.541. The summed E-state index contributed by atoms with van der Waals surface area (Å²) in [7, 11) is 3.82. The van der Waals surface area contributed by atoms with E-state index < -0.39 is 5.60 Å². The van der Waals surface area contributed by atoms with Crippen molar-refractivity contribution in [2.75, 3.05) is 13.6 Å². The molecule has 1 atom stereocenters. The smallest absolute Gasteiger partial charge is 0.112 e. The minimum atomic E-state index is -0.774. The molecule has 0 fully saturated rings. The van der Waals surface area contributed by atoms with Crippen LogP contribution in [0.25, 0.3) is 11.0 Å². The number of aryl methyl sites for hydroxylation is 1. The number of hydrogen-bond donors (Lipinski definition) is 2. The summed E-state index contributed by atoms with van der Waals surface area (Å²) in [5.41, 5.74) is 1.30. The van der Waals surface area contributed by atoms with Gasteiger partial charge in [-0.15, -0.1) is 0 Å². The van der Waals surface area contributed by atoms with Gasteiger partial charge < -0.3 is 15.0 Å². The molecule has 0 bridgehead atoms. The van der Waals surface area contributed by atoms with E-state index in [2.05, 4.69) is 10.3 Å². The number of rotatable bonds is 4. The van der Waals surface area contributed by atoms with Gasteiger partial charge in [0, 0.05) is 20.0 Å². The van der Waals surface area contributed by atoms with E-state index in [1.165, 1.54) is 0 Å². The maximum atomic E-state index is 10.2. The molecular formula is C13H19N3O. The number of nitrogens with one attached hydrogen (secondary N) is 1. The molecule has 2 aromatic rings. The van der Waals surface area contributed by atoms with Crippen LogP contribution in [0.1, 0.15) is 12.7 Å². The first-order chi connectivity index (χ1) is 8.03. The molecule has 1 unspecified atom stereocenters.